The predicted molar refractivity (Wildman–Crippen MR) is 112 cm³/mol. The summed E-state index contributed by atoms with van der Waals surface area (Å²) in [7, 11) is -3.73. The summed E-state index contributed by atoms with van der Waals surface area (Å²) in [5.41, 5.74) is -0.175. The molecule has 5 fully saturated rings. The molecule has 4 saturated carbocycles. The van der Waals surface area contributed by atoms with Gasteiger partial charge in [-0.3, -0.25) is 4.79 Å². The van der Waals surface area contributed by atoms with Crippen molar-refractivity contribution in [1.29, 1.82) is 0 Å². The van der Waals surface area contributed by atoms with Gasteiger partial charge in [0, 0.05) is 26.2 Å². The highest BCUT2D eigenvalue weighted by Gasteiger charge is 2.55. The van der Waals surface area contributed by atoms with Crippen molar-refractivity contribution in [1.82, 2.24) is 9.21 Å². The number of piperazine rings is 1. The minimum atomic E-state index is -3.73. The average Bonchev–Trinajstić information content (AvgIpc) is 2.68. The number of amides is 1. The van der Waals surface area contributed by atoms with E-state index >= 15 is 0 Å². The first kappa shape index (κ1) is 20.1. The van der Waals surface area contributed by atoms with E-state index in [1.807, 2.05) is 4.90 Å². The smallest absolute Gasteiger partial charge is 0.244 e. The van der Waals surface area contributed by atoms with E-state index in [1.54, 1.807) is 12.1 Å². The van der Waals surface area contributed by atoms with Gasteiger partial charge in [-0.15, -0.1) is 0 Å². The molecule has 1 amide bonds. The summed E-state index contributed by atoms with van der Waals surface area (Å²) in [6.07, 6.45) is 7.02. The van der Waals surface area contributed by atoms with Crippen molar-refractivity contribution in [2.24, 2.45) is 23.2 Å². The third-order valence-corrected chi connectivity index (χ3v) is 10.4. The number of nitrogens with zero attached hydrogens (tertiary/aromatic N) is 2. The van der Waals surface area contributed by atoms with Gasteiger partial charge >= 0.3 is 0 Å². The van der Waals surface area contributed by atoms with Gasteiger partial charge in [0.15, 0.2) is 0 Å². The van der Waals surface area contributed by atoms with E-state index in [1.165, 1.54) is 29.6 Å². The Kier molecular flexibility index (Phi) is 4.93. The van der Waals surface area contributed by atoms with Crippen LogP contribution in [0.2, 0.25) is 10.0 Å². The fourth-order valence-electron chi connectivity index (χ4n) is 6.66. The molecular weight excluding hydrogens is 431 g/mol. The van der Waals surface area contributed by atoms with Crippen molar-refractivity contribution >= 4 is 39.1 Å². The third-order valence-electron chi connectivity index (χ3n) is 7.55. The molecule has 5 aliphatic rings. The van der Waals surface area contributed by atoms with Gasteiger partial charge in [-0.1, -0.05) is 29.3 Å². The van der Waals surface area contributed by atoms with E-state index < -0.39 is 10.0 Å². The number of hydrogen-bond acceptors (Lipinski definition) is 3. The summed E-state index contributed by atoms with van der Waals surface area (Å²) in [5, 5.41) is 0.282. The lowest BCUT2D eigenvalue weighted by Crippen LogP contribution is -2.58. The molecule has 29 heavy (non-hydrogen) atoms. The minimum Gasteiger partial charge on any atom is -0.340 e. The van der Waals surface area contributed by atoms with Gasteiger partial charge in [0.2, 0.25) is 15.9 Å². The molecule has 8 heteroatoms. The van der Waals surface area contributed by atoms with Crippen LogP contribution in [-0.4, -0.2) is 49.7 Å². The summed E-state index contributed by atoms with van der Waals surface area (Å²) in [6, 6.07) is 4.65. The molecule has 0 aromatic heterocycles. The van der Waals surface area contributed by atoms with Gasteiger partial charge < -0.3 is 4.90 Å². The van der Waals surface area contributed by atoms with E-state index in [0.717, 1.165) is 37.0 Å². The van der Waals surface area contributed by atoms with Crippen molar-refractivity contribution in [3.05, 3.63) is 28.2 Å². The van der Waals surface area contributed by atoms with Gasteiger partial charge in [-0.2, -0.15) is 4.31 Å². The van der Waals surface area contributed by atoms with Crippen LogP contribution < -0.4 is 0 Å². The Morgan fingerprint density at radius 1 is 0.931 bits per heavy atom. The highest BCUT2D eigenvalue weighted by molar-refractivity contribution is 7.89. The standard InChI is InChI=1S/C21H26Cl2N2O3S/c22-17-2-1-3-18(19(17)23)29(27,28)25-6-4-24(5-7-25)20(26)21-11-14-8-15(12-21)10-16(9-14)13-21/h1-3,14-16H,4-13H2. The van der Waals surface area contributed by atoms with Crippen LogP contribution in [0.15, 0.2) is 23.1 Å². The molecule has 1 heterocycles. The second kappa shape index (κ2) is 7.11. The molecular formula is C21H26Cl2N2O3S. The highest BCUT2D eigenvalue weighted by atomic mass is 35.5. The SMILES string of the molecule is O=C(N1CCN(S(=O)(=O)c2cccc(Cl)c2Cl)CC1)C12CC3CC(CC(C3)C1)C2. The van der Waals surface area contributed by atoms with Gasteiger partial charge in [-0.25, -0.2) is 8.42 Å². The Bertz CT molecular complexity index is 906. The number of halogens is 2. The summed E-state index contributed by atoms with van der Waals surface area (Å²) < 4.78 is 27.5. The van der Waals surface area contributed by atoms with E-state index in [0.29, 0.717) is 26.2 Å². The highest BCUT2D eigenvalue weighted by Crippen LogP contribution is 2.60. The number of carbonyl (C=O) groups is 1. The van der Waals surface area contributed by atoms with Crippen LogP contribution in [-0.2, 0) is 14.8 Å². The first-order chi connectivity index (χ1) is 13.8. The largest absolute Gasteiger partial charge is 0.340 e. The predicted octanol–water partition coefficient (Wildman–Crippen LogP) is 4.04. The topological polar surface area (TPSA) is 57.7 Å². The van der Waals surface area contributed by atoms with Crippen LogP contribution >= 0.6 is 23.2 Å². The average molecular weight is 457 g/mol. The van der Waals surface area contributed by atoms with Crippen molar-refractivity contribution in [3.8, 4) is 0 Å². The maximum absolute atomic E-state index is 13.5. The normalized spacial score (nSPS) is 34.6. The van der Waals surface area contributed by atoms with Crippen molar-refractivity contribution in [2.45, 2.75) is 43.4 Å². The fraction of sp³-hybridized carbons (Fsp3) is 0.667. The molecule has 0 N–H and O–H groups in total. The Morgan fingerprint density at radius 2 is 1.48 bits per heavy atom. The number of rotatable bonds is 3. The molecule has 1 aromatic carbocycles. The summed E-state index contributed by atoms with van der Waals surface area (Å²) in [6.45, 7) is 1.47. The van der Waals surface area contributed by atoms with Crippen molar-refractivity contribution in [2.75, 3.05) is 26.2 Å². The molecule has 4 bridgehead atoms. The Hall–Kier alpha value is -0.820. The lowest BCUT2D eigenvalue weighted by Gasteiger charge is -2.57. The molecule has 6 rings (SSSR count). The van der Waals surface area contributed by atoms with E-state index in [-0.39, 0.29) is 26.3 Å². The lowest BCUT2D eigenvalue weighted by molar-refractivity contribution is -0.158. The summed E-state index contributed by atoms with van der Waals surface area (Å²) >= 11 is 12.2. The van der Waals surface area contributed by atoms with E-state index in [4.69, 9.17) is 23.2 Å². The monoisotopic (exact) mass is 456 g/mol. The fourth-order valence-corrected chi connectivity index (χ4v) is 8.82. The summed E-state index contributed by atoms with van der Waals surface area (Å²) in [4.78, 5) is 15.4. The Morgan fingerprint density at radius 3 is 2.03 bits per heavy atom. The van der Waals surface area contributed by atoms with Crippen LogP contribution in [0, 0.1) is 23.2 Å². The van der Waals surface area contributed by atoms with Crippen molar-refractivity contribution in [3.63, 3.8) is 0 Å². The van der Waals surface area contributed by atoms with Crippen molar-refractivity contribution < 1.29 is 13.2 Å². The molecule has 0 unspecified atom stereocenters. The first-order valence-electron chi connectivity index (χ1n) is 10.5. The second-order valence-electron chi connectivity index (χ2n) is 9.45. The number of sulfonamides is 1. The molecule has 158 valence electrons. The Labute approximate surface area is 182 Å². The van der Waals surface area contributed by atoms with Crippen LogP contribution in [0.4, 0.5) is 0 Å². The van der Waals surface area contributed by atoms with E-state index in [2.05, 4.69) is 0 Å². The zero-order chi connectivity index (χ0) is 20.4. The molecule has 1 aliphatic heterocycles. The number of hydrogen-bond donors (Lipinski definition) is 0. The molecule has 0 radical (unpaired) electrons. The third kappa shape index (κ3) is 3.31. The second-order valence-corrected chi connectivity index (χ2v) is 12.1. The Balaban J connectivity index is 1.29. The van der Waals surface area contributed by atoms with Gasteiger partial charge in [0.25, 0.3) is 0 Å². The van der Waals surface area contributed by atoms with Crippen LogP contribution in [0.1, 0.15) is 38.5 Å². The zero-order valence-electron chi connectivity index (χ0n) is 16.3. The number of benzene rings is 1. The molecule has 0 atom stereocenters. The van der Waals surface area contributed by atoms with Crippen LogP contribution in [0.3, 0.4) is 0 Å². The molecule has 4 aliphatic carbocycles. The maximum Gasteiger partial charge on any atom is 0.244 e. The van der Waals surface area contributed by atoms with Gasteiger partial charge in [0.05, 0.1) is 15.5 Å². The van der Waals surface area contributed by atoms with E-state index in [9.17, 15) is 13.2 Å². The summed E-state index contributed by atoms with van der Waals surface area (Å²) in [5.74, 6) is 2.43. The van der Waals surface area contributed by atoms with Gasteiger partial charge in [-0.05, 0) is 68.4 Å². The molecule has 0 spiro atoms. The molecule has 5 nitrogen and oxygen atoms in total. The van der Waals surface area contributed by atoms with Crippen LogP contribution in [0.5, 0.6) is 0 Å². The first-order valence-corrected chi connectivity index (χ1v) is 12.7. The lowest BCUT2D eigenvalue weighted by atomic mass is 9.49. The van der Waals surface area contributed by atoms with Gasteiger partial charge in [0.1, 0.15) is 4.90 Å². The quantitative estimate of drug-likeness (QED) is 0.689. The molecule has 1 saturated heterocycles. The molecule has 1 aromatic rings. The maximum atomic E-state index is 13.5. The zero-order valence-corrected chi connectivity index (χ0v) is 18.6. The minimum absolute atomic E-state index is 0.0347. The van der Waals surface area contributed by atoms with Crippen LogP contribution in [0.25, 0.3) is 0 Å². The number of carbonyl (C=O) groups excluding carboxylic acids is 1.